The lowest BCUT2D eigenvalue weighted by atomic mass is 10.1. The summed E-state index contributed by atoms with van der Waals surface area (Å²) in [6, 6.07) is 12.0. The number of hydrogen-bond acceptors (Lipinski definition) is 5. The highest BCUT2D eigenvalue weighted by Crippen LogP contribution is 2.41. The maximum absolute atomic E-state index is 12.7. The highest BCUT2D eigenvalue weighted by molar-refractivity contribution is 6.01. The lowest BCUT2D eigenvalue weighted by Gasteiger charge is -2.13. The number of benzene rings is 2. The van der Waals surface area contributed by atoms with E-state index in [1.165, 1.54) is 13.2 Å². The van der Waals surface area contributed by atoms with Gasteiger partial charge in [0.1, 0.15) is 12.4 Å². The van der Waals surface area contributed by atoms with Gasteiger partial charge in [-0.3, -0.25) is 5.32 Å². The number of carbonyl (C=O) groups excluding carboxylic acids is 1. The number of nitrogens with two attached hydrogens (primary N) is 1. The average Bonchev–Trinajstić information content (AvgIpc) is 3.53. The summed E-state index contributed by atoms with van der Waals surface area (Å²) in [4.78, 5) is 11.8. The molecule has 0 saturated heterocycles. The van der Waals surface area contributed by atoms with E-state index < -0.39 is 12.7 Å². The van der Waals surface area contributed by atoms with Gasteiger partial charge in [-0.15, -0.1) is 0 Å². The molecule has 170 valence electrons. The number of fused-ring (bicyclic) bond motifs is 1. The van der Waals surface area contributed by atoms with Crippen molar-refractivity contribution in [2.24, 2.45) is 5.92 Å². The first-order valence-corrected chi connectivity index (χ1v) is 10.4. The van der Waals surface area contributed by atoms with Crippen molar-refractivity contribution >= 4 is 28.4 Å². The summed E-state index contributed by atoms with van der Waals surface area (Å²) in [7, 11) is 1.53. The van der Waals surface area contributed by atoms with Crippen molar-refractivity contribution in [1.82, 2.24) is 4.57 Å². The molecule has 3 N–H and O–H groups in total. The Hall–Kier alpha value is -3.33. The molecular formula is C23H25F2N3O4. The van der Waals surface area contributed by atoms with Crippen LogP contribution in [0.15, 0.2) is 42.5 Å². The van der Waals surface area contributed by atoms with Gasteiger partial charge in [-0.05, 0) is 43.0 Å². The molecular weight excluding hydrogens is 420 g/mol. The third-order valence-corrected chi connectivity index (χ3v) is 5.36. The van der Waals surface area contributed by atoms with E-state index in [0.29, 0.717) is 23.9 Å². The molecule has 1 fully saturated rings. The lowest BCUT2D eigenvalue weighted by Crippen LogP contribution is -2.16. The Labute approximate surface area is 184 Å². The molecule has 1 aliphatic rings. The van der Waals surface area contributed by atoms with E-state index in [2.05, 4.69) is 14.6 Å². The van der Waals surface area contributed by atoms with Crippen LogP contribution < -0.4 is 15.8 Å². The van der Waals surface area contributed by atoms with Crippen LogP contribution in [0.5, 0.6) is 5.75 Å². The highest BCUT2D eigenvalue weighted by atomic mass is 19.3. The van der Waals surface area contributed by atoms with Gasteiger partial charge in [0.15, 0.2) is 0 Å². The van der Waals surface area contributed by atoms with E-state index in [1.54, 1.807) is 24.3 Å². The van der Waals surface area contributed by atoms with E-state index in [-0.39, 0.29) is 12.4 Å². The predicted molar refractivity (Wildman–Crippen MR) is 118 cm³/mol. The molecule has 32 heavy (non-hydrogen) atoms. The Balaban J connectivity index is 1.64. The Morgan fingerprint density at radius 3 is 2.59 bits per heavy atom. The van der Waals surface area contributed by atoms with Gasteiger partial charge in [0, 0.05) is 36.4 Å². The zero-order valence-corrected chi connectivity index (χ0v) is 17.6. The number of amides is 1. The van der Waals surface area contributed by atoms with Gasteiger partial charge in [0.2, 0.25) is 0 Å². The molecule has 1 amide bonds. The molecule has 1 aliphatic carbocycles. The molecule has 4 rings (SSSR count). The number of nitrogen functional groups attached to an aromatic ring is 1. The Bertz CT molecular complexity index is 1090. The first-order valence-electron chi connectivity index (χ1n) is 10.4. The van der Waals surface area contributed by atoms with Crippen molar-refractivity contribution in [3.8, 4) is 17.0 Å². The van der Waals surface area contributed by atoms with Crippen LogP contribution in [-0.4, -0.2) is 37.6 Å². The Morgan fingerprint density at radius 2 is 1.94 bits per heavy atom. The predicted octanol–water partition coefficient (Wildman–Crippen LogP) is 5.10. The van der Waals surface area contributed by atoms with Crippen molar-refractivity contribution in [2.45, 2.75) is 26.0 Å². The fraction of sp³-hybridized carbons (Fsp3) is 0.348. The van der Waals surface area contributed by atoms with Crippen LogP contribution in [0.3, 0.4) is 0 Å². The van der Waals surface area contributed by atoms with E-state index >= 15 is 0 Å². The number of methoxy groups -OCH3 is 1. The summed E-state index contributed by atoms with van der Waals surface area (Å²) in [5.74, 6) is 0.631. The second-order valence-corrected chi connectivity index (χ2v) is 7.70. The average molecular weight is 445 g/mol. The van der Waals surface area contributed by atoms with Gasteiger partial charge in [-0.25, -0.2) is 4.79 Å². The van der Waals surface area contributed by atoms with Crippen molar-refractivity contribution in [2.75, 3.05) is 31.4 Å². The second-order valence-electron chi connectivity index (χ2n) is 7.70. The van der Waals surface area contributed by atoms with E-state index in [4.69, 9.17) is 15.2 Å². The van der Waals surface area contributed by atoms with Crippen LogP contribution in [0.25, 0.3) is 22.2 Å². The standard InChI is InChI=1S/C23H25F2N3O4/c1-30-10-11-31-23(29)27-16-6-4-15(5-7-16)21-20(26)18-9-8-17(32-22(24)25)12-19(18)28(21)13-14-2-3-14/h4-9,12,14,22H,2-3,10-11,13,26H2,1H3,(H,27,29). The molecule has 3 aromatic rings. The lowest BCUT2D eigenvalue weighted by molar-refractivity contribution is -0.0497. The third-order valence-electron chi connectivity index (χ3n) is 5.36. The largest absolute Gasteiger partial charge is 0.447 e. The number of halogens is 2. The molecule has 0 unspecified atom stereocenters. The third kappa shape index (κ3) is 4.94. The van der Waals surface area contributed by atoms with Crippen LogP contribution in [0.4, 0.5) is 25.0 Å². The smallest absolute Gasteiger partial charge is 0.411 e. The molecule has 9 heteroatoms. The summed E-state index contributed by atoms with van der Waals surface area (Å²) in [6.45, 7) is -1.67. The number of ether oxygens (including phenoxy) is 3. The summed E-state index contributed by atoms with van der Waals surface area (Å²) in [5, 5.41) is 3.44. The molecule has 0 radical (unpaired) electrons. The summed E-state index contributed by atoms with van der Waals surface area (Å²) >= 11 is 0. The highest BCUT2D eigenvalue weighted by Gasteiger charge is 2.26. The number of aromatic nitrogens is 1. The summed E-state index contributed by atoms with van der Waals surface area (Å²) < 4.78 is 41.9. The minimum Gasteiger partial charge on any atom is -0.447 e. The van der Waals surface area contributed by atoms with Gasteiger partial charge in [0.25, 0.3) is 0 Å². The van der Waals surface area contributed by atoms with Crippen molar-refractivity contribution in [1.29, 1.82) is 0 Å². The van der Waals surface area contributed by atoms with E-state index in [1.807, 2.05) is 12.1 Å². The number of carbonyl (C=O) groups is 1. The van der Waals surface area contributed by atoms with Crippen LogP contribution in [0.2, 0.25) is 0 Å². The Kier molecular flexibility index (Phi) is 6.45. The number of anilines is 2. The molecule has 1 saturated carbocycles. The Morgan fingerprint density at radius 1 is 1.19 bits per heavy atom. The van der Waals surface area contributed by atoms with Crippen LogP contribution in [-0.2, 0) is 16.0 Å². The van der Waals surface area contributed by atoms with Gasteiger partial charge >= 0.3 is 12.7 Å². The first kappa shape index (κ1) is 21.9. The van der Waals surface area contributed by atoms with E-state index in [9.17, 15) is 13.6 Å². The maximum atomic E-state index is 12.7. The maximum Gasteiger partial charge on any atom is 0.411 e. The minimum atomic E-state index is -2.89. The summed E-state index contributed by atoms with van der Waals surface area (Å²) in [6.07, 6.45) is 1.68. The van der Waals surface area contributed by atoms with Gasteiger partial charge in [-0.1, -0.05) is 12.1 Å². The quantitative estimate of drug-likeness (QED) is 0.448. The molecule has 0 bridgehead atoms. The second kappa shape index (κ2) is 9.44. The first-order chi connectivity index (χ1) is 15.5. The van der Waals surface area contributed by atoms with Crippen molar-refractivity contribution < 1.29 is 27.8 Å². The molecule has 7 nitrogen and oxygen atoms in total. The number of nitrogens with zero attached hydrogens (tertiary/aromatic N) is 1. The number of hydrogen-bond donors (Lipinski definition) is 2. The summed E-state index contributed by atoms with van der Waals surface area (Å²) in [5.41, 5.74) is 10.1. The zero-order valence-electron chi connectivity index (χ0n) is 17.6. The van der Waals surface area contributed by atoms with Crippen molar-refractivity contribution in [3.63, 3.8) is 0 Å². The van der Waals surface area contributed by atoms with Gasteiger partial charge in [-0.2, -0.15) is 8.78 Å². The number of alkyl halides is 2. The SMILES string of the molecule is COCCOC(=O)Nc1ccc(-c2c(N)c3ccc(OC(F)F)cc3n2CC2CC2)cc1. The fourth-order valence-electron chi connectivity index (χ4n) is 3.67. The van der Waals surface area contributed by atoms with Crippen LogP contribution in [0.1, 0.15) is 12.8 Å². The van der Waals surface area contributed by atoms with Gasteiger partial charge in [0.05, 0.1) is 23.5 Å². The number of rotatable bonds is 9. The van der Waals surface area contributed by atoms with Crippen molar-refractivity contribution in [3.05, 3.63) is 42.5 Å². The molecule has 1 heterocycles. The monoisotopic (exact) mass is 445 g/mol. The topological polar surface area (TPSA) is 87.7 Å². The molecule has 0 atom stereocenters. The van der Waals surface area contributed by atoms with E-state index in [0.717, 1.165) is 41.5 Å². The fourth-order valence-corrected chi connectivity index (χ4v) is 3.67. The zero-order chi connectivity index (χ0) is 22.7. The molecule has 0 aliphatic heterocycles. The number of nitrogens with one attached hydrogen (secondary N) is 1. The molecule has 1 aromatic heterocycles. The van der Waals surface area contributed by atoms with Gasteiger partial charge < -0.3 is 24.5 Å². The van der Waals surface area contributed by atoms with Crippen LogP contribution >= 0.6 is 0 Å². The molecule has 2 aromatic carbocycles. The normalized spacial score (nSPS) is 13.5. The minimum absolute atomic E-state index is 0.0973. The van der Waals surface area contributed by atoms with Crippen LogP contribution in [0, 0.1) is 5.92 Å². The molecule has 0 spiro atoms.